The lowest BCUT2D eigenvalue weighted by Gasteiger charge is -2.13. The van der Waals surface area contributed by atoms with Crippen LogP contribution in [0, 0.1) is 10.5 Å². The molecule has 0 saturated heterocycles. The topological polar surface area (TPSA) is 25.2 Å². The highest BCUT2D eigenvalue weighted by Crippen LogP contribution is 2.27. The maximum absolute atomic E-state index is 6.01. The van der Waals surface area contributed by atoms with Crippen molar-refractivity contribution in [3.63, 3.8) is 0 Å². The lowest BCUT2D eigenvalue weighted by molar-refractivity contribution is 0.451. The first kappa shape index (κ1) is 14.6. The maximum atomic E-state index is 6.01. The van der Waals surface area contributed by atoms with Gasteiger partial charge in [-0.15, -0.1) is 0 Å². The Kier molecular flexibility index (Phi) is 4.31. The SMILES string of the molecule is CNC(Cc1ccc(I)cc1)c1cc2cc(C)ccc2o1. The number of hydrogen-bond acceptors (Lipinski definition) is 2. The van der Waals surface area contributed by atoms with Crippen LogP contribution in [0.5, 0.6) is 0 Å². The van der Waals surface area contributed by atoms with Crippen molar-refractivity contribution in [2.24, 2.45) is 0 Å². The molecule has 3 aromatic rings. The number of benzene rings is 2. The molecule has 1 unspecified atom stereocenters. The Balaban J connectivity index is 1.88. The first-order valence-corrected chi connectivity index (χ1v) is 8.15. The zero-order chi connectivity index (χ0) is 14.8. The van der Waals surface area contributed by atoms with Gasteiger partial charge >= 0.3 is 0 Å². The van der Waals surface area contributed by atoms with Gasteiger partial charge in [-0.3, -0.25) is 0 Å². The van der Waals surface area contributed by atoms with Crippen molar-refractivity contribution in [2.45, 2.75) is 19.4 Å². The largest absolute Gasteiger partial charge is 0.459 e. The van der Waals surface area contributed by atoms with E-state index in [1.54, 1.807) is 0 Å². The summed E-state index contributed by atoms with van der Waals surface area (Å²) in [7, 11) is 1.98. The third-order valence-corrected chi connectivity index (χ3v) is 4.46. The minimum atomic E-state index is 0.192. The number of nitrogens with one attached hydrogen (secondary N) is 1. The Labute approximate surface area is 138 Å². The van der Waals surface area contributed by atoms with Crippen molar-refractivity contribution in [1.29, 1.82) is 0 Å². The molecule has 0 spiro atoms. The zero-order valence-electron chi connectivity index (χ0n) is 12.2. The van der Waals surface area contributed by atoms with E-state index in [1.165, 1.54) is 20.1 Å². The van der Waals surface area contributed by atoms with Gasteiger partial charge in [0.15, 0.2) is 0 Å². The molecular formula is C18H18INO. The van der Waals surface area contributed by atoms with Gasteiger partial charge in [0, 0.05) is 8.96 Å². The third kappa shape index (κ3) is 3.30. The minimum Gasteiger partial charge on any atom is -0.459 e. The molecule has 0 aliphatic heterocycles. The van der Waals surface area contributed by atoms with Gasteiger partial charge in [0.05, 0.1) is 6.04 Å². The molecule has 3 heteroatoms. The Hall–Kier alpha value is -1.33. The van der Waals surface area contributed by atoms with Crippen LogP contribution in [-0.2, 0) is 6.42 Å². The highest BCUT2D eigenvalue weighted by atomic mass is 127. The number of halogens is 1. The first-order chi connectivity index (χ1) is 10.2. The Bertz CT molecular complexity index is 746. The Morgan fingerprint density at radius 1 is 1.10 bits per heavy atom. The van der Waals surface area contributed by atoms with Gasteiger partial charge in [0.2, 0.25) is 0 Å². The van der Waals surface area contributed by atoms with Crippen LogP contribution in [0.15, 0.2) is 52.9 Å². The molecule has 108 valence electrons. The molecule has 1 atom stereocenters. The van der Waals surface area contributed by atoms with E-state index in [9.17, 15) is 0 Å². The summed E-state index contributed by atoms with van der Waals surface area (Å²) < 4.78 is 7.27. The third-order valence-electron chi connectivity index (χ3n) is 3.74. The molecule has 0 saturated carbocycles. The van der Waals surface area contributed by atoms with E-state index in [2.05, 4.69) is 77.3 Å². The smallest absolute Gasteiger partial charge is 0.134 e. The van der Waals surface area contributed by atoms with E-state index in [0.717, 1.165) is 17.8 Å². The number of fused-ring (bicyclic) bond motifs is 1. The number of hydrogen-bond donors (Lipinski definition) is 1. The molecule has 0 bridgehead atoms. The van der Waals surface area contributed by atoms with Gasteiger partial charge in [-0.2, -0.15) is 0 Å². The lowest BCUT2D eigenvalue weighted by atomic mass is 10.0. The normalized spacial score (nSPS) is 12.7. The van der Waals surface area contributed by atoms with E-state index in [-0.39, 0.29) is 6.04 Å². The van der Waals surface area contributed by atoms with Crippen molar-refractivity contribution < 1.29 is 4.42 Å². The van der Waals surface area contributed by atoms with Crippen LogP contribution in [0.2, 0.25) is 0 Å². The number of likely N-dealkylation sites (N-methyl/N-ethyl adjacent to an activating group) is 1. The molecule has 0 amide bonds. The quantitative estimate of drug-likeness (QED) is 0.644. The van der Waals surface area contributed by atoms with Crippen LogP contribution in [-0.4, -0.2) is 7.05 Å². The van der Waals surface area contributed by atoms with Crippen LogP contribution in [0.25, 0.3) is 11.0 Å². The van der Waals surface area contributed by atoms with E-state index in [1.807, 2.05) is 13.1 Å². The summed E-state index contributed by atoms with van der Waals surface area (Å²) >= 11 is 2.33. The fourth-order valence-electron chi connectivity index (χ4n) is 2.56. The summed E-state index contributed by atoms with van der Waals surface area (Å²) in [4.78, 5) is 0. The predicted octanol–water partition coefficient (Wildman–Crippen LogP) is 4.85. The number of furan rings is 1. The molecule has 0 fully saturated rings. The fraction of sp³-hybridized carbons (Fsp3) is 0.222. The fourth-order valence-corrected chi connectivity index (χ4v) is 2.92. The standard InChI is InChI=1S/C18H18INO/c1-12-3-8-17-14(9-12)11-18(21-17)16(20-2)10-13-4-6-15(19)7-5-13/h3-9,11,16,20H,10H2,1-2H3. The minimum absolute atomic E-state index is 0.192. The highest BCUT2D eigenvalue weighted by molar-refractivity contribution is 14.1. The van der Waals surface area contributed by atoms with Crippen molar-refractivity contribution in [1.82, 2.24) is 5.32 Å². The van der Waals surface area contributed by atoms with Gasteiger partial charge in [-0.25, -0.2) is 0 Å². The number of aryl methyl sites for hydroxylation is 1. The maximum Gasteiger partial charge on any atom is 0.134 e. The summed E-state index contributed by atoms with van der Waals surface area (Å²) in [6.07, 6.45) is 0.923. The predicted molar refractivity (Wildman–Crippen MR) is 95.6 cm³/mol. The van der Waals surface area contributed by atoms with E-state index in [0.29, 0.717) is 0 Å². The van der Waals surface area contributed by atoms with Gasteiger partial charge in [0.1, 0.15) is 11.3 Å². The van der Waals surface area contributed by atoms with Gasteiger partial charge in [0.25, 0.3) is 0 Å². The molecule has 3 rings (SSSR count). The van der Waals surface area contributed by atoms with Gasteiger partial charge in [-0.05, 0) is 78.9 Å². The average Bonchev–Trinajstić information content (AvgIpc) is 2.89. The van der Waals surface area contributed by atoms with Gasteiger partial charge < -0.3 is 9.73 Å². The van der Waals surface area contributed by atoms with E-state index < -0.39 is 0 Å². The van der Waals surface area contributed by atoms with Crippen molar-refractivity contribution in [3.05, 3.63) is 69.0 Å². The summed E-state index contributed by atoms with van der Waals surface area (Å²) in [5.41, 5.74) is 3.53. The molecule has 0 aliphatic rings. The second-order valence-corrected chi connectivity index (χ2v) is 6.61. The Morgan fingerprint density at radius 2 is 1.86 bits per heavy atom. The van der Waals surface area contributed by atoms with Crippen LogP contribution in [0.1, 0.15) is 22.9 Å². The molecule has 0 aliphatic carbocycles. The number of rotatable bonds is 4. The second-order valence-electron chi connectivity index (χ2n) is 5.36. The second kappa shape index (κ2) is 6.20. The summed E-state index contributed by atoms with van der Waals surface area (Å²) in [5.74, 6) is 0.997. The van der Waals surface area contributed by atoms with Crippen LogP contribution < -0.4 is 5.32 Å². The molecule has 1 N–H and O–H groups in total. The molecule has 21 heavy (non-hydrogen) atoms. The lowest BCUT2D eigenvalue weighted by Crippen LogP contribution is -2.18. The molecular weight excluding hydrogens is 373 g/mol. The molecule has 2 aromatic carbocycles. The summed E-state index contributed by atoms with van der Waals surface area (Å²) in [6.45, 7) is 2.10. The van der Waals surface area contributed by atoms with Crippen LogP contribution in [0.3, 0.4) is 0 Å². The van der Waals surface area contributed by atoms with Gasteiger partial charge in [-0.1, -0.05) is 23.8 Å². The summed E-state index contributed by atoms with van der Waals surface area (Å²) in [6, 6.07) is 17.3. The average molecular weight is 391 g/mol. The molecule has 0 radical (unpaired) electrons. The monoisotopic (exact) mass is 391 g/mol. The molecule has 1 aromatic heterocycles. The highest BCUT2D eigenvalue weighted by Gasteiger charge is 2.15. The zero-order valence-corrected chi connectivity index (χ0v) is 14.3. The molecule has 2 nitrogen and oxygen atoms in total. The van der Waals surface area contributed by atoms with Crippen LogP contribution >= 0.6 is 22.6 Å². The summed E-state index contributed by atoms with van der Waals surface area (Å²) in [5, 5.41) is 4.54. The van der Waals surface area contributed by atoms with Crippen molar-refractivity contribution >= 4 is 33.6 Å². The van der Waals surface area contributed by atoms with Crippen molar-refractivity contribution in [2.75, 3.05) is 7.05 Å². The van der Waals surface area contributed by atoms with E-state index >= 15 is 0 Å². The van der Waals surface area contributed by atoms with Crippen molar-refractivity contribution in [3.8, 4) is 0 Å². The van der Waals surface area contributed by atoms with E-state index in [4.69, 9.17) is 4.42 Å². The molecule has 1 heterocycles. The van der Waals surface area contributed by atoms with Crippen LogP contribution in [0.4, 0.5) is 0 Å². The Morgan fingerprint density at radius 3 is 2.57 bits per heavy atom. The first-order valence-electron chi connectivity index (χ1n) is 7.07.